The third kappa shape index (κ3) is 3.62. The summed E-state index contributed by atoms with van der Waals surface area (Å²) in [5, 5.41) is 3.61. The second kappa shape index (κ2) is 7.15. The van der Waals surface area contributed by atoms with Crippen molar-refractivity contribution in [3.63, 3.8) is 0 Å². The topological polar surface area (TPSA) is 21.3 Å². The van der Waals surface area contributed by atoms with Crippen LogP contribution in [0, 0.1) is 11.3 Å². The van der Waals surface area contributed by atoms with E-state index in [9.17, 15) is 0 Å². The smallest absolute Gasteiger partial charge is 0.120 e. The van der Waals surface area contributed by atoms with Gasteiger partial charge in [0.15, 0.2) is 0 Å². The molecule has 0 spiro atoms. The minimum atomic E-state index is 0.389. The summed E-state index contributed by atoms with van der Waals surface area (Å²) in [7, 11) is 3.82. The van der Waals surface area contributed by atoms with Gasteiger partial charge in [-0.1, -0.05) is 48.7 Å². The third-order valence-electron chi connectivity index (χ3n) is 4.83. The van der Waals surface area contributed by atoms with E-state index in [1.807, 2.05) is 0 Å². The number of halogens is 1. The van der Waals surface area contributed by atoms with Crippen LogP contribution in [0.4, 0.5) is 0 Å². The molecule has 0 saturated heterocycles. The highest BCUT2D eigenvalue weighted by atomic mass is 79.9. The van der Waals surface area contributed by atoms with Crippen molar-refractivity contribution >= 4 is 15.9 Å². The van der Waals surface area contributed by atoms with Crippen molar-refractivity contribution in [2.75, 3.05) is 14.2 Å². The van der Waals surface area contributed by atoms with E-state index in [4.69, 9.17) is 4.74 Å². The molecule has 0 amide bonds. The van der Waals surface area contributed by atoms with Gasteiger partial charge < -0.3 is 10.1 Å². The van der Waals surface area contributed by atoms with Crippen LogP contribution in [-0.2, 0) is 0 Å². The van der Waals surface area contributed by atoms with Gasteiger partial charge in [0.05, 0.1) is 7.11 Å². The minimum absolute atomic E-state index is 0.389. The summed E-state index contributed by atoms with van der Waals surface area (Å²) in [5.74, 6) is 1.64. The monoisotopic (exact) mass is 353 g/mol. The van der Waals surface area contributed by atoms with Gasteiger partial charge in [0.25, 0.3) is 0 Å². The summed E-state index contributed by atoms with van der Waals surface area (Å²) in [6, 6.07) is 6.77. The summed E-state index contributed by atoms with van der Waals surface area (Å²) in [6.45, 7) is 4.69. The molecule has 1 unspecified atom stereocenters. The average molecular weight is 354 g/mol. The normalized spacial score (nSPS) is 19.0. The van der Waals surface area contributed by atoms with Gasteiger partial charge in [-0.2, -0.15) is 0 Å². The van der Waals surface area contributed by atoms with Crippen LogP contribution in [-0.4, -0.2) is 14.2 Å². The molecule has 21 heavy (non-hydrogen) atoms. The minimum Gasteiger partial charge on any atom is -0.497 e. The zero-order valence-electron chi connectivity index (χ0n) is 13.7. The van der Waals surface area contributed by atoms with Crippen LogP contribution in [0.2, 0.25) is 0 Å². The third-order valence-corrected chi connectivity index (χ3v) is 5.52. The van der Waals surface area contributed by atoms with Crippen LogP contribution in [0.1, 0.15) is 57.6 Å². The van der Waals surface area contributed by atoms with Gasteiger partial charge in [0.1, 0.15) is 5.75 Å². The Hall–Kier alpha value is -0.540. The lowest BCUT2D eigenvalue weighted by Crippen LogP contribution is -2.36. The molecule has 1 aromatic rings. The van der Waals surface area contributed by atoms with Gasteiger partial charge in [-0.05, 0) is 55.3 Å². The summed E-state index contributed by atoms with van der Waals surface area (Å²) in [5.41, 5.74) is 1.75. The number of benzene rings is 1. The van der Waals surface area contributed by atoms with Gasteiger partial charge in [-0.3, -0.25) is 0 Å². The van der Waals surface area contributed by atoms with Crippen molar-refractivity contribution in [1.82, 2.24) is 5.32 Å². The van der Waals surface area contributed by atoms with Gasteiger partial charge in [0, 0.05) is 10.5 Å². The molecule has 1 aliphatic carbocycles. The molecule has 1 aromatic carbocycles. The maximum Gasteiger partial charge on any atom is 0.120 e. The Morgan fingerprint density at radius 3 is 2.43 bits per heavy atom. The standard InChI is InChI=1S/C18H28BrNO/c1-13(2)12-18(9-5-6-10-18)17(20-3)15-8-7-14(21-4)11-16(15)19/h7-8,11,13,17,20H,5-6,9-10,12H2,1-4H3. The molecular formula is C18H28BrNO. The molecule has 2 nitrogen and oxygen atoms in total. The van der Waals surface area contributed by atoms with E-state index in [1.54, 1.807) is 7.11 Å². The first-order valence-electron chi connectivity index (χ1n) is 8.03. The Bertz CT molecular complexity index is 466. The lowest BCUT2D eigenvalue weighted by atomic mass is 9.70. The first-order chi connectivity index (χ1) is 10.0. The molecule has 118 valence electrons. The van der Waals surface area contributed by atoms with Crippen molar-refractivity contribution < 1.29 is 4.74 Å². The fourth-order valence-corrected chi connectivity index (χ4v) is 4.75. The average Bonchev–Trinajstić information content (AvgIpc) is 2.89. The van der Waals surface area contributed by atoms with Crippen molar-refractivity contribution in [2.45, 2.75) is 52.0 Å². The van der Waals surface area contributed by atoms with E-state index in [0.29, 0.717) is 11.5 Å². The Kier molecular flexibility index (Phi) is 5.73. The van der Waals surface area contributed by atoms with E-state index in [-0.39, 0.29) is 0 Å². The van der Waals surface area contributed by atoms with Crippen LogP contribution in [0.3, 0.4) is 0 Å². The number of hydrogen-bond acceptors (Lipinski definition) is 2. The summed E-state index contributed by atoms with van der Waals surface area (Å²) >= 11 is 3.75. The molecule has 0 radical (unpaired) electrons. The molecular weight excluding hydrogens is 326 g/mol. The highest BCUT2D eigenvalue weighted by Gasteiger charge is 2.42. The first kappa shape index (κ1) is 16.8. The van der Waals surface area contributed by atoms with Crippen LogP contribution < -0.4 is 10.1 Å². The van der Waals surface area contributed by atoms with E-state index < -0.39 is 0 Å². The van der Waals surface area contributed by atoms with Crippen LogP contribution in [0.5, 0.6) is 5.75 Å². The Morgan fingerprint density at radius 2 is 1.95 bits per heavy atom. The van der Waals surface area contributed by atoms with Crippen molar-refractivity contribution in [1.29, 1.82) is 0 Å². The molecule has 1 saturated carbocycles. The number of hydrogen-bond donors (Lipinski definition) is 1. The van der Waals surface area contributed by atoms with Crippen molar-refractivity contribution in [2.24, 2.45) is 11.3 Å². The highest BCUT2D eigenvalue weighted by Crippen LogP contribution is 2.52. The van der Waals surface area contributed by atoms with Crippen molar-refractivity contribution in [3.05, 3.63) is 28.2 Å². The molecule has 0 heterocycles. The number of ether oxygens (including phenoxy) is 1. The first-order valence-corrected chi connectivity index (χ1v) is 8.82. The molecule has 1 N–H and O–H groups in total. The lowest BCUT2D eigenvalue weighted by Gasteiger charge is -2.40. The van der Waals surface area contributed by atoms with Gasteiger partial charge in [0.2, 0.25) is 0 Å². The molecule has 1 aliphatic rings. The molecule has 3 heteroatoms. The van der Waals surface area contributed by atoms with Crippen LogP contribution in [0.15, 0.2) is 22.7 Å². The number of nitrogens with one attached hydrogen (secondary N) is 1. The maximum atomic E-state index is 5.33. The largest absolute Gasteiger partial charge is 0.497 e. The van der Waals surface area contributed by atoms with Crippen LogP contribution >= 0.6 is 15.9 Å². The highest BCUT2D eigenvalue weighted by molar-refractivity contribution is 9.10. The molecule has 0 bridgehead atoms. The second-order valence-electron chi connectivity index (χ2n) is 6.78. The zero-order chi connectivity index (χ0) is 15.5. The Morgan fingerprint density at radius 1 is 1.29 bits per heavy atom. The van der Waals surface area contributed by atoms with Gasteiger partial charge in [-0.25, -0.2) is 0 Å². The second-order valence-corrected chi connectivity index (χ2v) is 7.63. The van der Waals surface area contributed by atoms with Gasteiger partial charge >= 0.3 is 0 Å². The SMILES string of the molecule is CNC(c1ccc(OC)cc1Br)C1(CC(C)C)CCCC1. The van der Waals surface area contributed by atoms with E-state index >= 15 is 0 Å². The van der Waals surface area contributed by atoms with E-state index in [0.717, 1.165) is 16.1 Å². The van der Waals surface area contributed by atoms with Gasteiger partial charge in [-0.15, -0.1) is 0 Å². The van der Waals surface area contributed by atoms with Crippen LogP contribution in [0.25, 0.3) is 0 Å². The maximum absolute atomic E-state index is 5.33. The van der Waals surface area contributed by atoms with Crippen molar-refractivity contribution in [3.8, 4) is 5.75 Å². The fourth-order valence-electron chi connectivity index (χ4n) is 4.16. The lowest BCUT2D eigenvalue weighted by molar-refractivity contribution is 0.161. The Labute approximate surface area is 137 Å². The number of methoxy groups -OCH3 is 1. The quantitative estimate of drug-likeness (QED) is 0.746. The molecule has 2 rings (SSSR count). The fraction of sp³-hybridized carbons (Fsp3) is 0.667. The predicted molar refractivity (Wildman–Crippen MR) is 92.9 cm³/mol. The van der Waals surface area contributed by atoms with E-state index in [1.165, 1.54) is 37.7 Å². The Balaban J connectivity index is 2.36. The molecule has 0 aliphatic heterocycles. The number of rotatable bonds is 6. The predicted octanol–water partition coefficient (Wildman–Crippen LogP) is 5.32. The summed E-state index contributed by atoms with van der Waals surface area (Å²) in [6.07, 6.45) is 6.67. The summed E-state index contributed by atoms with van der Waals surface area (Å²) < 4.78 is 6.48. The summed E-state index contributed by atoms with van der Waals surface area (Å²) in [4.78, 5) is 0. The molecule has 1 fully saturated rings. The molecule has 0 aromatic heterocycles. The zero-order valence-corrected chi connectivity index (χ0v) is 15.3. The van der Waals surface area contributed by atoms with E-state index in [2.05, 4.69) is 60.3 Å². The molecule has 1 atom stereocenters.